The lowest BCUT2D eigenvalue weighted by Gasteiger charge is -2.22. The number of rotatable bonds is 3. The Hall–Kier alpha value is -2.36. The van der Waals surface area contributed by atoms with E-state index in [4.69, 9.17) is 5.11 Å². The molecule has 0 spiro atoms. The van der Waals surface area contributed by atoms with Gasteiger partial charge in [-0.15, -0.1) is 0 Å². The van der Waals surface area contributed by atoms with Gasteiger partial charge in [0.05, 0.1) is 5.56 Å². The van der Waals surface area contributed by atoms with E-state index in [0.717, 1.165) is 29.7 Å². The molecule has 22 heavy (non-hydrogen) atoms. The molecule has 0 unspecified atom stereocenters. The topological polar surface area (TPSA) is 70.2 Å². The zero-order chi connectivity index (χ0) is 15.5. The third-order valence-corrected chi connectivity index (χ3v) is 4.38. The second-order valence-electron chi connectivity index (χ2n) is 5.91. The van der Waals surface area contributed by atoms with Crippen molar-refractivity contribution in [3.63, 3.8) is 0 Å². The van der Waals surface area contributed by atoms with E-state index in [2.05, 4.69) is 4.98 Å². The number of carboxylic acid groups (broad SMARTS) is 1. The average molecular weight is 297 g/mol. The first kappa shape index (κ1) is 14.6. The van der Waals surface area contributed by atoms with Crippen molar-refractivity contribution in [1.82, 2.24) is 4.98 Å². The molecule has 0 saturated heterocycles. The fourth-order valence-electron chi connectivity index (χ4n) is 3.17. The molecular formula is C18H19NO3. The smallest absolute Gasteiger partial charge is 0.335 e. The molecule has 0 aliphatic heterocycles. The number of aromatic nitrogens is 1. The highest BCUT2D eigenvalue weighted by Gasteiger charge is 2.17. The van der Waals surface area contributed by atoms with Crippen molar-refractivity contribution in [1.29, 1.82) is 0 Å². The van der Waals surface area contributed by atoms with E-state index in [1.807, 2.05) is 6.07 Å². The highest BCUT2D eigenvalue weighted by molar-refractivity contribution is 5.88. The molecule has 1 aromatic carbocycles. The molecule has 4 nitrogen and oxygen atoms in total. The van der Waals surface area contributed by atoms with Gasteiger partial charge in [0, 0.05) is 11.8 Å². The zero-order valence-electron chi connectivity index (χ0n) is 12.3. The van der Waals surface area contributed by atoms with E-state index in [-0.39, 0.29) is 11.1 Å². The Kier molecular flexibility index (Phi) is 4.09. The van der Waals surface area contributed by atoms with E-state index < -0.39 is 5.97 Å². The molecule has 1 aliphatic rings. The lowest BCUT2D eigenvalue weighted by Crippen LogP contribution is -2.13. The van der Waals surface area contributed by atoms with E-state index in [1.165, 1.54) is 19.3 Å². The molecule has 1 saturated carbocycles. The number of nitrogens with one attached hydrogen (secondary N) is 1. The van der Waals surface area contributed by atoms with Gasteiger partial charge in [-0.3, -0.25) is 4.79 Å². The van der Waals surface area contributed by atoms with Gasteiger partial charge in [0.25, 0.3) is 0 Å². The van der Waals surface area contributed by atoms with Crippen molar-refractivity contribution in [2.24, 2.45) is 0 Å². The largest absolute Gasteiger partial charge is 0.478 e. The number of hydrogen-bond acceptors (Lipinski definition) is 2. The predicted octanol–water partition coefficient (Wildman–Crippen LogP) is 3.79. The molecule has 0 atom stereocenters. The summed E-state index contributed by atoms with van der Waals surface area (Å²) in [5, 5.41) is 8.95. The summed E-state index contributed by atoms with van der Waals surface area (Å²) in [5.41, 5.74) is 2.88. The zero-order valence-corrected chi connectivity index (χ0v) is 12.3. The molecule has 1 fully saturated rings. The van der Waals surface area contributed by atoms with Gasteiger partial charge < -0.3 is 10.1 Å². The van der Waals surface area contributed by atoms with Gasteiger partial charge in [-0.25, -0.2) is 4.79 Å². The second kappa shape index (κ2) is 6.18. The molecule has 1 aliphatic carbocycles. The average Bonchev–Trinajstić information content (AvgIpc) is 2.55. The van der Waals surface area contributed by atoms with Crippen LogP contribution in [0, 0.1) is 0 Å². The maximum atomic E-state index is 12.0. The van der Waals surface area contributed by atoms with Crippen LogP contribution in [0.3, 0.4) is 0 Å². The second-order valence-corrected chi connectivity index (χ2v) is 5.91. The minimum absolute atomic E-state index is 0.0969. The number of carboxylic acids is 1. The number of carbonyl (C=O) groups is 1. The van der Waals surface area contributed by atoms with Crippen molar-refractivity contribution in [2.45, 2.75) is 38.0 Å². The molecule has 4 heteroatoms. The van der Waals surface area contributed by atoms with E-state index in [0.29, 0.717) is 5.92 Å². The standard InChI is InChI=1S/C18H19NO3/c20-17-11-15(12-6-8-14(9-7-12)18(21)22)10-16(19-17)13-4-2-1-3-5-13/h6-11,13H,1-5H2,(H,19,20)(H,21,22). The molecule has 2 aromatic rings. The van der Waals surface area contributed by atoms with Gasteiger partial charge in [0.2, 0.25) is 5.56 Å². The number of hydrogen-bond donors (Lipinski definition) is 2. The molecule has 2 N–H and O–H groups in total. The first-order valence-corrected chi connectivity index (χ1v) is 7.71. The predicted molar refractivity (Wildman–Crippen MR) is 85.3 cm³/mol. The first-order chi connectivity index (χ1) is 10.6. The van der Waals surface area contributed by atoms with Gasteiger partial charge in [-0.2, -0.15) is 0 Å². The summed E-state index contributed by atoms with van der Waals surface area (Å²) in [6.07, 6.45) is 5.94. The quantitative estimate of drug-likeness (QED) is 0.905. The Balaban J connectivity index is 1.94. The molecule has 0 amide bonds. The fraction of sp³-hybridized carbons (Fsp3) is 0.333. The molecule has 1 heterocycles. The van der Waals surface area contributed by atoms with Crippen LogP contribution in [0.1, 0.15) is 54.1 Å². The van der Waals surface area contributed by atoms with Crippen LogP contribution < -0.4 is 5.56 Å². The molecule has 1 aromatic heterocycles. The number of aromatic amines is 1. The van der Waals surface area contributed by atoms with Crippen LogP contribution in [0.5, 0.6) is 0 Å². The van der Waals surface area contributed by atoms with Gasteiger partial charge >= 0.3 is 5.97 Å². The third kappa shape index (κ3) is 3.11. The Bertz CT molecular complexity index is 725. The Morgan fingerprint density at radius 1 is 1.00 bits per heavy atom. The molecular weight excluding hydrogens is 278 g/mol. The van der Waals surface area contributed by atoms with Crippen LogP contribution in [0.15, 0.2) is 41.2 Å². The van der Waals surface area contributed by atoms with Crippen molar-refractivity contribution < 1.29 is 9.90 Å². The highest BCUT2D eigenvalue weighted by Crippen LogP contribution is 2.32. The minimum atomic E-state index is -0.944. The van der Waals surface area contributed by atoms with Crippen molar-refractivity contribution in [3.05, 3.63) is 58.0 Å². The minimum Gasteiger partial charge on any atom is -0.478 e. The van der Waals surface area contributed by atoms with Crippen LogP contribution in [-0.2, 0) is 0 Å². The van der Waals surface area contributed by atoms with Crippen LogP contribution >= 0.6 is 0 Å². The Morgan fingerprint density at radius 2 is 1.68 bits per heavy atom. The molecule has 114 valence electrons. The van der Waals surface area contributed by atoms with Crippen molar-refractivity contribution in [3.8, 4) is 11.1 Å². The summed E-state index contributed by atoms with van der Waals surface area (Å²) in [5.74, 6) is -0.514. The SMILES string of the molecule is O=C(O)c1ccc(-c2cc(C3CCCCC3)[nH]c(=O)c2)cc1. The summed E-state index contributed by atoms with van der Waals surface area (Å²) in [4.78, 5) is 25.8. The normalized spacial score (nSPS) is 15.6. The molecule has 0 bridgehead atoms. The maximum Gasteiger partial charge on any atom is 0.335 e. The summed E-state index contributed by atoms with van der Waals surface area (Å²) in [6, 6.07) is 10.2. The van der Waals surface area contributed by atoms with E-state index >= 15 is 0 Å². The Labute approximate surface area is 128 Å². The number of H-pyrrole nitrogens is 1. The lowest BCUT2D eigenvalue weighted by atomic mass is 9.86. The summed E-state index contributed by atoms with van der Waals surface area (Å²) in [7, 11) is 0. The van der Waals surface area contributed by atoms with Gasteiger partial charge in [0.15, 0.2) is 0 Å². The molecule has 3 rings (SSSR count). The highest BCUT2D eigenvalue weighted by atomic mass is 16.4. The monoisotopic (exact) mass is 297 g/mol. The number of pyridine rings is 1. The summed E-state index contributed by atoms with van der Waals surface area (Å²) < 4.78 is 0. The van der Waals surface area contributed by atoms with Gasteiger partial charge in [-0.05, 0) is 48.1 Å². The van der Waals surface area contributed by atoms with Crippen molar-refractivity contribution >= 4 is 5.97 Å². The number of aromatic carboxylic acids is 1. The van der Waals surface area contributed by atoms with Crippen LogP contribution in [0.4, 0.5) is 0 Å². The third-order valence-electron chi connectivity index (χ3n) is 4.38. The van der Waals surface area contributed by atoms with Crippen LogP contribution in [-0.4, -0.2) is 16.1 Å². The summed E-state index contributed by atoms with van der Waals surface area (Å²) >= 11 is 0. The lowest BCUT2D eigenvalue weighted by molar-refractivity contribution is 0.0697. The summed E-state index contributed by atoms with van der Waals surface area (Å²) in [6.45, 7) is 0. The van der Waals surface area contributed by atoms with Gasteiger partial charge in [0.1, 0.15) is 0 Å². The Morgan fingerprint density at radius 3 is 2.32 bits per heavy atom. The van der Waals surface area contributed by atoms with Crippen LogP contribution in [0.2, 0.25) is 0 Å². The van der Waals surface area contributed by atoms with Crippen molar-refractivity contribution in [2.75, 3.05) is 0 Å². The van der Waals surface area contributed by atoms with Gasteiger partial charge in [-0.1, -0.05) is 31.4 Å². The van der Waals surface area contributed by atoms with E-state index in [9.17, 15) is 9.59 Å². The molecule has 0 radical (unpaired) electrons. The van der Waals surface area contributed by atoms with E-state index in [1.54, 1.807) is 30.3 Å². The van der Waals surface area contributed by atoms with Crippen LogP contribution in [0.25, 0.3) is 11.1 Å². The first-order valence-electron chi connectivity index (χ1n) is 7.71. The maximum absolute atomic E-state index is 12.0. The fourth-order valence-corrected chi connectivity index (χ4v) is 3.17. The number of benzene rings is 1.